The zero-order valence-electron chi connectivity index (χ0n) is 6.92. The molecule has 1 atom stereocenters. The summed E-state index contributed by atoms with van der Waals surface area (Å²) in [5.74, 6) is -0.243. The van der Waals surface area contributed by atoms with Gasteiger partial charge in [0.25, 0.3) is 0 Å². The second kappa shape index (κ2) is 8.64. The van der Waals surface area contributed by atoms with Crippen molar-refractivity contribution in [2.24, 2.45) is 5.73 Å². The number of carboxylic acid groups (broad SMARTS) is 1. The highest BCUT2D eigenvalue weighted by Crippen LogP contribution is 2.04. The molecule has 0 aromatic heterocycles. The first-order chi connectivity index (χ1) is 5.54. The summed E-state index contributed by atoms with van der Waals surface area (Å²) >= 11 is 1.29. The summed E-state index contributed by atoms with van der Waals surface area (Å²) in [6, 6.07) is -0.870. The number of thioether (sulfide) groups is 1. The van der Waals surface area contributed by atoms with Gasteiger partial charge in [-0.1, -0.05) is 0 Å². The summed E-state index contributed by atoms with van der Waals surface area (Å²) in [7, 11) is -1.32. The fourth-order valence-electron chi connectivity index (χ4n) is 0.470. The third-order valence-electron chi connectivity index (χ3n) is 1.13. The van der Waals surface area contributed by atoms with Crippen LogP contribution >= 0.6 is 24.2 Å². The van der Waals surface area contributed by atoms with E-state index in [1.807, 2.05) is 0 Å². The van der Waals surface area contributed by atoms with Crippen LogP contribution in [0.25, 0.3) is 0 Å². The van der Waals surface area contributed by atoms with Crippen LogP contribution in [-0.4, -0.2) is 45.8 Å². The van der Waals surface area contributed by atoms with Crippen molar-refractivity contribution < 1.29 is 19.9 Å². The van der Waals surface area contributed by atoms with Crippen molar-refractivity contribution >= 4 is 37.3 Å². The summed E-state index contributed by atoms with van der Waals surface area (Å²) < 4.78 is 0. The molecule has 0 saturated heterocycles. The maximum atomic E-state index is 10.2. The molecule has 0 saturated carbocycles. The average molecular weight is 229 g/mol. The molecule has 0 rings (SSSR count). The molecule has 8 heteroatoms. The number of carbonyl (C=O) groups is 1. The Balaban J connectivity index is 0. The SMILES string of the molecule is Cl.N[C@@H](CSCCB(O)O)C(=O)O. The highest BCUT2D eigenvalue weighted by molar-refractivity contribution is 7.99. The molecule has 0 radical (unpaired) electrons. The molecule has 13 heavy (non-hydrogen) atoms. The molecule has 0 aromatic rings. The lowest BCUT2D eigenvalue weighted by atomic mass is 9.88. The van der Waals surface area contributed by atoms with E-state index in [0.717, 1.165) is 0 Å². The molecule has 0 fully saturated rings. The summed E-state index contributed by atoms with van der Waals surface area (Å²) in [6.07, 6.45) is 0.233. The highest BCUT2D eigenvalue weighted by Gasteiger charge is 2.12. The van der Waals surface area contributed by atoms with Gasteiger partial charge in [-0.05, 0) is 12.1 Å². The number of carboxylic acids is 1. The van der Waals surface area contributed by atoms with E-state index in [2.05, 4.69) is 0 Å². The predicted molar refractivity (Wildman–Crippen MR) is 55.2 cm³/mol. The van der Waals surface area contributed by atoms with E-state index in [0.29, 0.717) is 11.5 Å². The first-order valence-corrected chi connectivity index (χ1v) is 4.61. The minimum Gasteiger partial charge on any atom is -0.480 e. The van der Waals surface area contributed by atoms with Crippen LogP contribution in [0.2, 0.25) is 6.32 Å². The zero-order chi connectivity index (χ0) is 9.56. The molecule has 0 aliphatic heterocycles. The second-order valence-electron chi connectivity index (χ2n) is 2.29. The maximum Gasteiger partial charge on any atom is 0.452 e. The van der Waals surface area contributed by atoms with E-state index < -0.39 is 19.1 Å². The summed E-state index contributed by atoms with van der Waals surface area (Å²) in [6.45, 7) is 0. The van der Waals surface area contributed by atoms with E-state index in [9.17, 15) is 4.79 Å². The zero-order valence-corrected chi connectivity index (χ0v) is 8.55. The van der Waals surface area contributed by atoms with Crippen molar-refractivity contribution in [2.75, 3.05) is 11.5 Å². The molecule has 0 unspecified atom stereocenters. The van der Waals surface area contributed by atoms with Gasteiger partial charge in [0.15, 0.2) is 0 Å². The van der Waals surface area contributed by atoms with Crippen LogP contribution < -0.4 is 5.73 Å². The lowest BCUT2D eigenvalue weighted by Gasteiger charge is -2.04. The smallest absolute Gasteiger partial charge is 0.452 e. The Morgan fingerprint density at radius 2 is 2.08 bits per heavy atom. The normalized spacial score (nSPS) is 11.6. The second-order valence-corrected chi connectivity index (χ2v) is 3.44. The standard InChI is InChI=1S/C5H12BNO4S.ClH/c7-4(5(8)9)3-12-2-1-6(10)11;/h4,10-11H,1-3,7H2,(H,8,9);1H/t4-;/m0./s1. The van der Waals surface area contributed by atoms with Crippen LogP contribution in [0.5, 0.6) is 0 Å². The number of aliphatic carboxylic acids is 1. The largest absolute Gasteiger partial charge is 0.480 e. The molecule has 0 bridgehead atoms. The maximum absolute atomic E-state index is 10.2. The van der Waals surface area contributed by atoms with Gasteiger partial charge in [0, 0.05) is 5.75 Å². The molecule has 0 aromatic carbocycles. The van der Waals surface area contributed by atoms with Crippen molar-refractivity contribution in [3.8, 4) is 0 Å². The average Bonchev–Trinajstić information content (AvgIpc) is 1.97. The summed E-state index contributed by atoms with van der Waals surface area (Å²) in [4.78, 5) is 10.2. The van der Waals surface area contributed by atoms with Crippen LogP contribution in [0.4, 0.5) is 0 Å². The number of hydrogen-bond acceptors (Lipinski definition) is 5. The Morgan fingerprint density at radius 3 is 2.46 bits per heavy atom. The monoisotopic (exact) mass is 229 g/mol. The third-order valence-corrected chi connectivity index (χ3v) is 2.25. The lowest BCUT2D eigenvalue weighted by molar-refractivity contribution is -0.137. The van der Waals surface area contributed by atoms with Crippen LogP contribution in [-0.2, 0) is 4.79 Å². The van der Waals surface area contributed by atoms with Crippen LogP contribution in [0, 0.1) is 0 Å². The molecule has 0 aliphatic rings. The molecule has 0 amide bonds. The predicted octanol–water partition coefficient (Wildman–Crippen LogP) is -0.974. The van der Waals surface area contributed by atoms with Gasteiger partial charge in [0.1, 0.15) is 6.04 Å². The minimum atomic E-state index is -1.32. The van der Waals surface area contributed by atoms with Crippen LogP contribution in [0.15, 0.2) is 0 Å². The molecule has 5 nitrogen and oxygen atoms in total. The lowest BCUT2D eigenvalue weighted by Crippen LogP contribution is -2.32. The summed E-state index contributed by atoms with van der Waals surface area (Å²) in [5.41, 5.74) is 5.19. The van der Waals surface area contributed by atoms with Crippen molar-refractivity contribution in [1.82, 2.24) is 0 Å². The Hall–Kier alpha value is 0.0549. The van der Waals surface area contributed by atoms with Crippen molar-refractivity contribution in [2.45, 2.75) is 12.4 Å². The quantitative estimate of drug-likeness (QED) is 0.345. The van der Waals surface area contributed by atoms with E-state index in [-0.39, 0.29) is 18.7 Å². The van der Waals surface area contributed by atoms with Crippen molar-refractivity contribution in [3.05, 3.63) is 0 Å². The molecule has 78 valence electrons. The Bertz CT molecular complexity index is 150. The Morgan fingerprint density at radius 1 is 1.54 bits per heavy atom. The Labute approximate surface area is 87.3 Å². The van der Waals surface area contributed by atoms with Crippen LogP contribution in [0.1, 0.15) is 0 Å². The van der Waals surface area contributed by atoms with Gasteiger partial charge < -0.3 is 20.9 Å². The molecule has 5 N–H and O–H groups in total. The van der Waals surface area contributed by atoms with Gasteiger partial charge in [-0.25, -0.2) is 0 Å². The number of hydrogen-bond donors (Lipinski definition) is 4. The minimum absolute atomic E-state index is 0. The molecule has 0 heterocycles. The number of rotatable bonds is 6. The van der Waals surface area contributed by atoms with Crippen molar-refractivity contribution in [3.63, 3.8) is 0 Å². The summed E-state index contributed by atoms with van der Waals surface area (Å²) in [5, 5.41) is 25.2. The molecule has 0 aliphatic carbocycles. The van der Waals surface area contributed by atoms with E-state index in [4.69, 9.17) is 20.9 Å². The number of halogens is 1. The fourth-order valence-corrected chi connectivity index (χ4v) is 1.41. The van der Waals surface area contributed by atoms with E-state index in [1.165, 1.54) is 11.8 Å². The van der Waals surface area contributed by atoms with E-state index >= 15 is 0 Å². The first-order valence-electron chi connectivity index (χ1n) is 3.46. The van der Waals surface area contributed by atoms with Gasteiger partial charge in [-0.2, -0.15) is 11.8 Å². The fraction of sp³-hybridized carbons (Fsp3) is 0.800. The Kier molecular flexibility index (Phi) is 10.3. The van der Waals surface area contributed by atoms with Crippen molar-refractivity contribution in [1.29, 1.82) is 0 Å². The highest BCUT2D eigenvalue weighted by atomic mass is 35.5. The molecular formula is C5H13BClNO4S. The third kappa shape index (κ3) is 9.97. The first kappa shape index (κ1) is 15.5. The van der Waals surface area contributed by atoms with Gasteiger partial charge in [-0.3, -0.25) is 4.79 Å². The van der Waals surface area contributed by atoms with Gasteiger partial charge in [-0.15, -0.1) is 12.4 Å². The van der Waals surface area contributed by atoms with E-state index in [1.54, 1.807) is 0 Å². The van der Waals surface area contributed by atoms with Gasteiger partial charge in [0.2, 0.25) is 0 Å². The molecular weight excluding hydrogens is 216 g/mol. The molecule has 0 spiro atoms. The topological polar surface area (TPSA) is 104 Å². The number of nitrogens with two attached hydrogens (primary N) is 1. The van der Waals surface area contributed by atoms with Gasteiger partial charge >= 0.3 is 13.1 Å². The van der Waals surface area contributed by atoms with Gasteiger partial charge in [0.05, 0.1) is 0 Å². The van der Waals surface area contributed by atoms with Crippen LogP contribution in [0.3, 0.4) is 0 Å².